The maximum Gasteiger partial charge on any atom is 0.0439 e. The van der Waals surface area contributed by atoms with E-state index in [9.17, 15) is 0 Å². The van der Waals surface area contributed by atoms with E-state index in [0.29, 0.717) is 0 Å². The molecule has 0 N–H and O–H groups in total. The predicted molar refractivity (Wildman–Crippen MR) is 42.4 cm³/mol. The van der Waals surface area contributed by atoms with Crippen molar-refractivity contribution in [1.29, 1.82) is 0 Å². The van der Waals surface area contributed by atoms with Crippen LogP contribution in [0.1, 0.15) is 13.3 Å². The van der Waals surface area contributed by atoms with E-state index in [2.05, 4.69) is 25.3 Å². The second kappa shape index (κ2) is 6.05. The second-order valence-electron chi connectivity index (χ2n) is 0.889. The minimum Gasteiger partial charge on any atom is -0.197 e. The van der Waals surface area contributed by atoms with Gasteiger partial charge in [-0.2, -0.15) is 38.8 Å². The molecule has 0 saturated carbocycles. The molecule has 40 valence electrons. The molecule has 3 heteroatoms. The topological polar surface area (TPSA) is 0 Å². The van der Waals surface area contributed by atoms with Crippen LogP contribution in [0.2, 0.25) is 0 Å². The van der Waals surface area contributed by atoms with Gasteiger partial charge in [0.05, 0.1) is 0 Å². The molecule has 0 aromatic heterocycles. The zero-order chi connectivity index (χ0) is 4.28. The fourth-order valence-corrected chi connectivity index (χ4v) is 0. The SMILES string of the molecule is CCC(S)S.S. The van der Waals surface area contributed by atoms with Gasteiger partial charge in [0.15, 0.2) is 0 Å². The van der Waals surface area contributed by atoms with Crippen molar-refractivity contribution in [1.82, 2.24) is 0 Å². The Balaban J connectivity index is 0. The molecule has 0 atom stereocenters. The van der Waals surface area contributed by atoms with E-state index in [1.54, 1.807) is 0 Å². The predicted octanol–water partition coefficient (Wildman–Crippen LogP) is 1.69. The third-order valence-electron chi connectivity index (χ3n) is 0.365. The Labute approximate surface area is 57.0 Å². The van der Waals surface area contributed by atoms with E-state index in [0.717, 1.165) is 6.42 Å². The first-order valence-electron chi connectivity index (χ1n) is 1.63. The van der Waals surface area contributed by atoms with E-state index >= 15 is 0 Å². The Kier molecular flexibility index (Phi) is 10.2. The Hall–Kier alpha value is 1.05. The average molecular weight is 142 g/mol. The summed E-state index contributed by atoms with van der Waals surface area (Å²) in [4.78, 5) is 0. The van der Waals surface area contributed by atoms with Gasteiger partial charge in [-0.05, 0) is 6.42 Å². The van der Waals surface area contributed by atoms with Crippen LogP contribution >= 0.6 is 38.8 Å². The highest BCUT2D eigenvalue weighted by Crippen LogP contribution is 2.01. The fourth-order valence-electron chi connectivity index (χ4n) is 0. The molecule has 0 spiro atoms. The Morgan fingerprint density at radius 2 is 1.67 bits per heavy atom. The molecule has 0 unspecified atom stereocenters. The average Bonchev–Trinajstić information content (AvgIpc) is 1.38. The normalized spacial score (nSPS) is 8.00. The zero-order valence-corrected chi connectivity index (χ0v) is 6.47. The van der Waals surface area contributed by atoms with Crippen molar-refractivity contribution in [3.05, 3.63) is 0 Å². The van der Waals surface area contributed by atoms with E-state index in [1.165, 1.54) is 0 Å². The van der Waals surface area contributed by atoms with Crippen molar-refractivity contribution >= 4 is 38.8 Å². The molecule has 0 radical (unpaired) electrons. The lowest BCUT2D eigenvalue weighted by molar-refractivity contribution is 1.07. The molecular formula is C3H10S3. The highest BCUT2D eigenvalue weighted by atomic mass is 32.2. The Morgan fingerprint density at radius 1 is 1.50 bits per heavy atom. The Morgan fingerprint density at radius 3 is 1.67 bits per heavy atom. The number of hydrogen-bond donors (Lipinski definition) is 2. The van der Waals surface area contributed by atoms with Gasteiger partial charge in [0.25, 0.3) is 0 Å². The van der Waals surface area contributed by atoms with Crippen LogP contribution in [0.5, 0.6) is 0 Å². The van der Waals surface area contributed by atoms with Gasteiger partial charge in [-0.25, -0.2) is 0 Å². The third-order valence-corrected chi connectivity index (χ3v) is 1.10. The van der Waals surface area contributed by atoms with Crippen molar-refractivity contribution in [2.45, 2.75) is 17.9 Å². The summed E-state index contributed by atoms with van der Waals surface area (Å²) in [6, 6.07) is 0. The quantitative estimate of drug-likeness (QED) is 0.404. The first kappa shape index (κ1) is 10.1. The van der Waals surface area contributed by atoms with Gasteiger partial charge in [-0.15, -0.1) is 0 Å². The van der Waals surface area contributed by atoms with Crippen LogP contribution in [-0.2, 0) is 0 Å². The molecule has 0 bridgehead atoms. The van der Waals surface area contributed by atoms with Crippen LogP contribution < -0.4 is 0 Å². The van der Waals surface area contributed by atoms with E-state index in [-0.39, 0.29) is 18.1 Å². The molecule has 0 aromatic carbocycles. The summed E-state index contributed by atoms with van der Waals surface area (Å²) in [5, 5.41) is 0. The summed E-state index contributed by atoms with van der Waals surface area (Å²) in [5.74, 6) is 0. The standard InChI is InChI=1S/C3H8S2.H2S/c1-2-3(4)5;/h3-5H,2H2,1H3;1H2. The highest BCUT2D eigenvalue weighted by Gasteiger charge is 1.82. The number of rotatable bonds is 1. The van der Waals surface area contributed by atoms with E-state index < -0.39 is 0 Å². The van der Waals surface area contributed by atoms with Gasteiger partial charge < -0.3 is 0 Å². The number of thiol groups is 2. The maximum absolute atomic E-state index is 3.96. The van der Waals surface area contributed by atoms with Gasteiger partial charge >= 0.3 is 0 Å². The summed E-state index contributed by atoms with van der Waals surface area (Å²) < 4.78 is 0.273. The first-order chi connectivity index (χ1) is 2.27. The van der Waals surface area contributed by atoms with Crippen molar-refractivity contribution in [3.8, 4) is 0 Å². The molecule has 0 amide bonds. The summed E-state index contributed by atoms with van der Waals surface area (Å²) in [6.45, 7) is 2.05. The van der Waals surface area contributed by atoms with Gasteiger partial charge in [-0.3, -0.25) is 0 Å². The molecule has 0 rings (SSSR count). The maximum atomic E-state index is 3.96. The van der Waals surface area contributed by atoms with Crippen molar-refractivity contribution in [2.24, 2.45) is 0 Å². The third kappa shape index (κ3) is 8.90. The molecule has 0 aliphatic carbocycles. The van der Waals surface area contributed by atoms with Gasteiger partial charge in [0.2, 0.25) is 0 Å². The molecule has 0 aromatic rings. The van der Waals surface area contributed by atoms with Crippen LogP contribution in [0, 0.1) is 0 Å². The lowest BCUT2D eigenvalue weighted by Crippen LogP contribution is -1.76. The van der Waals surface area contributed by atoms with Gasteiger partial charge in [0.1, 0.15) is 0 Å². The van der Waals surface area contributed by atoms with E-state index in [1.807, 2.05) is 6.92 Å². The molecule has 0 fully saturated rings. The smallest absolute Gasteiger partial charge is 0.0439 e. The lowest BCUT2D eigenvalue weighted by Gasteiger charge is -1.89. The summed E-state index contributed by atoms with van der Waals surface area (Å²) >= 11 is 7.92. The Bertz CT molecular complexity index is 20.0. The summed E-state index contributed by atoms with van der Waals surface area (Å²) in [6.07, 6.45) is 1.03. The molecule has 6 heavy (non-hydrogen) atoms. The van der Waals surface area contributed by atoms with Crippen molar-refractivity contribution in [2.75, 3.05) is 0 Å². The van der Waals surface area contributed by atoms with Crippen LogP contribution in [0.4, 0.5) is 0 Å². The summed E-state index contributed by atoms with van der Waals surface area (Å²) in [7, 11) is 0. The number of hydrogen-bond acceptors (Lipinski definition) is 2. The van der Waals surface area contributed by atoms with Crippen LogP contribution in [0.3, 0.4) is 0 Å². The molecule has 0 heterocycles. The highest BCUT2D eigenvalue weighted by molar-refractivity contribution is 7.99. The molecule has 0 nitrogen and oxygen atoms in total. The summed E-state index contributed by atoms with van der Waals surface area (Å²) in [5.41, 5.74) is 0. The van der Waals surface area contributed by atoms with Gasteiger partial charge in [0, 0.05) is 4.58 Å². The second-order valence-corrected chi connectivity index (χ2v) is 2.54. The van der Waals surface area contributed by atoms with E-state index in [4.69, 9.17) is 0 Å². The lowest BCUT2D eigenvalue weighted by atomic mass is 10.6. The molecule has 0 saturated heterocycles. The molecule has 0 aliphatic rings. The fraction of sp³-hybridized carbons (Fsp3) is 1.00. The largest absolute Gasteiger partial charge is 0.197 e. The molecule has 0 aliphatic heterocycles. The molecular weight excluding hydrogens is 132 g/mol. The minimum atomic E-state index is 0. The van der Waals surface area contributed by atoms with Crippen molar-refractivity contribution < 1.29 is 0 Å². The zero-order valence-electron chi connectivity index (χ0n) is 3.68. The van der Waals surface area contributed by atoms with Gasteiger partial charge in [-0.1, -0.05) is 6.92 Å². The minimum absolute atomic E-state index is 0. The van der Waals surface area contributed by atoms with Crippen LogP contribution in [-0.4, -0.2) is 4.58 Å². The van der Waals surface area contributed by atoms with Crippen molar-refractivity contribution in [3.63, 3.8) is 0 Å². The van der Waals surface area contributed by atoms with Crippen LogP contribution in [0.25, 0.3) is 0 Å². The monoisotopic (exact) mass is 142 g/mol. The van der Waals surface area contributed by atoms with Crippen LogP contribution in [0.15, 0.2) is 0 Å². The first-order valence-corrected chi connectivity index (χ1v) is 2.66.